The number of nitrogens with zero attached hydrogens (tertiary/aromatic N) is 4. The quantitative estimate of drug-likeness (QED) is 0.415. The maximum Gasteiger partial charge on any atom is 0.227 e. The smallest absolute Gasteiger partial charge is 0.227 e. The Morgan fingerprint density at radius 2 is 1.58 bits per heavy atom. The maximum atomic E-state index is 12.8. The van der Waals surface area contributed by atoms with Gasteiger partial charge in [0.25, 0.3) is 0 Å². The highest BCUT2D eigenvalue weighted by Gasteiger charge is 2.25. The monoisotopic (exact) mass is 508 g/mol. The number of hydrogen-bond donors (Lipinski definition) is 0. The normalized spacial score (nSPS) is 16.8. The van der Waals surface area contributed by atoms with Crippen LogP contribution in [0.25, 0.3) is 0 Å². The first kappa shape index (κ1) is 26.0. The van der Waals surface area contributed by atoms with Crippen molar-refractivity contribution in [2.75, 3.05) is 50.7 Å². The van der Waals surface area contributed by atoms with Gasteiger partial charge in [0.1, 0.15) is 0 Å². The molecule has 0 bridgehead atoms. The summed E-state index contributed by atoms with van der Waals surface area (Å²) < 4.78 is 6.54. The molecule has 3 aromatic carbocycles. The Morgan fingerprint density at radius 3 is 2.29 bits per heavy atom. The minimum absolute atomic E-state index is 0.0835. The van der Waals surface area contributed by atoms with E-state index in [9.17, 15) is 4.79 Å². The Labute approximate surface area is 226 Å². The highest BCUT2D eigenvalue weighted by atomic mass is 16.5. The summed E-state index contributed by atoms with van der Waals surface area (Å²) in [5.74, 6) is 0.197. The van der Waals surface area contributed by atoms with E-state index >= 15 is 0 Å². The van der Waals surface area contributed by atoms with Crippen LogP contribution in [0.2, 0.25) is 0 Å². The van der Waals surface area contributed by atoms with E-state index in [-0.39, 0.29) is 12.0 Å². The van der Waals surface area contributed by atoms with Crippen LogP contribution in [0.1, 0.15) is 41.2 Å². The van der Waals surface area contributed by atoms with Crippen LogP contribution in [0, 0.1) is 11.3 Å². The number of carbonyl (C=O) groups excluding carboxylic acids is 1. The van der Waals surface area contributed by atoms with E-state index in [1.807, 2.05) is 59.5 Å². The predicted molar refractivity (Wildman–Crippen MR) is 150 cm³/mol. The molecule has 1 amide bonds. The third kappa shape index (κ3) is 6.80. The van der Waals surface area contributed by atoms with Gasteiger partial charge in [-0.15, -0.1) is 0 Å². The molecular formula is C32H36N4O2. The molecule has 6 nitrogen and oxygen atoms in total. The summed E-state index contributed by atoms with van der Waals surface area (Å²) in [7, 11) is 0. The number of nitriles is 1. The lowest BCUT2D eigenvalue weighted by Crippen LogP contribution is -2.50. The number of hydrogen-bond acceptors (Lipinski definition) is 5. The number of benzene rings is 3. The first-order chi connectivity index (χ1) is 18.7. The van der Waals surface area contributed by atoms with Crippen molar-refractivity contribution >= 4 is 11.6 Å². The topological polar surface area (TPSA) is 59.8 Å². The predicted octanol–water partition coefficient (Wildman–Crippen LogP) is 4.80. The van der Waals surface area contributed by atoms with Gasteiger partial charge in [-0.25, -0.2) is 0 Å². The molecule has 2 heterocycles. The largest absolute Gasteiger partial charge is 0.372 e. The number of carbonyl (C=O) groups is 1. The lowest BCUT2D eigenvalue weighted by molar-refractivity contribution is -0.132. The molecule has 5 rings (SSSR count). The van der Waals surface area contributed by atoms with Crippen LogP contribution in [-0.2, 0) is 22.6 Å². The number of anilines is 1. The van der Waals surface area contributed by atoms with Crippen molar-refractivity contribution < 1.29 is 9.53 Å². The highest BCUT2D eigenvalue weighted by molar-refractivity contribution is 5.78. The second kappa shape index (κ2) is 12.7. The van der Waals surface area contributed by atoms with Gasteiger partial charge >= 0.3 is 0 Å². The van der Waals surface area contributed by atoms with Gasteiger partial charge in [-0.1, -0.05) is 54.6 Å². The van der Waals surface area contributed by atoms with Crippen molar-refractivity contribution in [2.24, 2.45) is 0 Å². The third-order valence-corrected chi connectivity index (χ3v) is 7.59. The Bertz CT molecular complexity index is 1220. The number of piperazine rings is 1. The summed E-state index contributed by atoms with van der Waals surface area (Å²) >= 11 is 0. The molecule has 3 aromatic rings. The van der Waals surface area contributed by atoms with E-state index in [2.05, 4.69) is 40.1 Å². The SMILES string of the molecule is N#Cc1ccc(COC(CN2CCN(C(=O)Cc3ccccc3)CC2)c2cccc(N3CCCC3)c2)cc1. The molecule has 0 aliphatic carbocycles. The summed E-state index contributed by atoms with van der Waals surface area (Å²) in [5.41, 5.74) is 5.23. The van der Waals surface area contributed by atoms with Crippen LogP contribution in [0.15, 0.2) is 78.9 Å². The molecule has 0 radical (unpaired) electrons. The van der Waals surface area contributed by atoms with Crippen molar-refractivity contribution in [1.29, 1.82) is 5.26 Å². The van der Waals surface area contributed by atoms with Crippen LogP contribution in [0.4, 0.5) is 5.69 Å². The molecule has 0 saturated carbocycles. The zero-order chi connectivity index (χ0) is 26.2. The van der Waals surface area contributed by atoms with E-state index in [1.165, 1.54) is 24.1 Å². The van der Waals surface area contributed by atoms with Crippen molar-refractivity contribution in [3.8, 4) is 6.07 Å². The van der Waals surface area contributed by atoms with Crippen LogP contribution in [-0.4, -0.2) is 61.5 Å². The molecule has 196 valence electrons. The fraction of sp³-hybridized carbons (Fsp3) is 0.375. The van der Waals surface area contributed by atoms with Crippen LogP contribution < -0.4 is 4.90 Å². The summed E-state index contributed by atoms with van der Waals surface area (Å²) in [6.45, 7) is 6.63. The second-order valence-electron chi connectivity index (χ2n) is 10.2. The molecule has 1 atom stereocenters. The van der Waals surface area contributed by atoms with Crippen LogP contribution >= 0.6 is 0 Å². The molecule has 0 N–H and O–H groups in total. The molecule has 6 heteroatoms. The Hall–Kier alpha value is -3.66. The van der Waals surface area contributed by atoms with Gasteiger partial charge in [0, 0.05) is 51.5 Å². The maximum absolute atomic E-state index is 12.8. The van der Waals surface area contributed by atoms with Gasteiger partial charge in [0.15, 0.2) is 0 Å². The van der Waals surface area contributed by atoms with E-state index in [0.717, 1.165) is 56.9 Å². The molecule has 2 aliphatic heterocycles. The van der Waals surface area contributed by atoms with Gasteiger partial charge in [-0.3, -0.25) is 9.69 Å². The lowest BCUT2D eigenvalue weighted by Gasteiger charge is -2.36. The first-order valence-corrected chi connectivity index (χ1v) is 13.7. The van der Waals surface area contributed by atoms with Crippen molar-refractivity contribution in [1.82, 2.24) is 9.80 Å². The summed E-state index contributed by atoms with van der Waals surface area (Å²) in [6.07, 6.45) is 2.87. The van der Waals surface area contributed by atoms with E-state index < -0.39 is 0 Å². The first-order valence-electron chi connectivity index (χ1n) is 13.7. The summed E-state index contributed by atoms with van der Waals surface area (Å²) in [5, 5.41) is 9.10. The van der Waals surface area contributed by atoms with E-state index in [1.54, 1.807) is 0 Å². The van der Waals surface area contributed by atoms with Gasteiger partial charge in [0.05, 0.1) is 30.8 Å². The zero-order valence-corrected chi connectivity index (χ0v) is 22.0. The fourth-order valence-corrected chi connectivity index (χ4v) is 5.32. The van der Waals surface area contributed by atoms with Gasteiger partial charge in [-0.05, 0) is 53.8 Å². The Kier molecular flexibility index (Phi) is 8.70. The number of rotatable bonds is 9. The zero-order valence-electron chi connectivity index (χ0n) is 22.0. The van der Waals surface area contributed by atoms with Gasteiger partial charge in [-0.2, -0.15) is 5.26 Å². The van der Waals surface area contributed by atoms with E-state index in [4.69, 9.17) is 10.00 Å². The number of ether oxygens (including phenoxy) is 1. The highest BCUT2D eigenvalue weighted by Crippen LogP contribution is 2.27. The third-order valence-electron chi connectivity index (χ3n) is 7.59. The minimum atomic E-state index is -0.0835. The Balaban J connectivity index is 1.23. The minimum Gasteiger partial charge on any atom is -0.372 e. The standard InChI is InChI=1S/C32H36N4O2/c33-23-27-11-13-28(14-12-27)25-38-31(29-9-6-10-30(22-29)35-15-4-5-16-35)24-34-17-19-36(20-18-34)32(37)21-26-7-2-1-3-8-26/h1-3,6-14,22,31H,4-5,15-21,24-25H2. The van der Waals surface area contributed by atoms with Crippen molar-refractivity contribution in [3.05, 3.63) is 101 Å². The molecule has 2 aliphatic rings. The van der Waals surface area contributed by atoms with Crippen molar-refractivity contribution in [2.45, 2.75) is 32.0 Å². The molecule has 0 aromatic heterocycles. The van der Waals surface area contributed by atoms with Gasteiger partial charge < -0.3 is 14.5 Å². The fourth-order valence-electron chi connectivity index (χ4n) is 5.32. The molecule has 0 spiro atoms. The summed E-state index contributed by atoms with van der Waals surface area (Å²) in [6, 6.07) is 28.6. The van der Waals surface area contributed by atoms with Gasteiger partial charge in [0.2, 0.25) is 5.91 Å². The Morgan fingerprint density at radius 1 is 0.842 bits per heavy atom. The lowest BCUT2D eigenvalue weighted by atomic mass is 10.1. The average Bonchev–Trinajstić information content (AvgIpc) is 3.52. The molecule has 2 saturated heterocycles. The molecule has 1 unspecified atom stereocenters. The van der Waals surface area contributed by atoms with Crippen LogP contribution in [0.3, 0.4) is 0 Å². The number of amides is 1. The summed E-state index contributed by atoms with van der Waals surface area (Å²) in [4.78, 5) is 19.7. The molecular weight excluding hydrogens is 472 g/mol. The molecule has 2 fully saturated rings. The molecule has 38 heavy (non-hydrogen) atoms. The second-order valence-corrected chi connectivity index (χ2v) is 10.2. The average molecular weight is 509 g/mol. The van der Waals surface area contributed by atoms with Crippen LogP contribution in [0.5, 0.6) is 0 Å². The van der Waals surface area contributed by atoms with E-state index in [0.29, 0.717) is 18.6 Å². The van der Waals surface area contributed by atoms with Crippen molar-refractivity contribution in [3.63, 3.8) is 0 Å².